The number of nitrogens with zero attached hydrogens (tertiary/aromatic N) is 1. The lowest BCUT2D eigenvalue weighted by Gasteiger charge is -2.26. The first kappa shape index (κ1) is 13.2. The summed E-state index contributed by atoms with van der Waals surface area (Å²) in [5.41, 5.74) is 0.870. The number of fused-ring (bicyclic) bond motifs is 1. The third-order valence-electron chi connectivity index (χ3n) is 4.14. The van der Waals surface area contributed by atoms with Crippen LogP contribution >= 0.6 is 0 Å². The van der Waals surface area contributed by atoms with Crippen LogP contribution in [0.1, 0.15) is 31.6 Å². The van der Waals surface area contributed by atoms with E-state index in [0.717, 1.165) is 36.1 Å². The highest BCUT2D eigenvalue weighted by atomic mass is 16.3. The molecule has 0 spiro atoms. The number of likely N-dealkylation sites (N-methyl/N-ethyl adjacent to an activating group) is 1. The summed E-state index contributed by atoms with van der Waals surface area (Å²) in [7, 11) is 1.85. The molecule has 0 bridgehead atoms. The van der Waals surface area contributed by atoms with Crippen LogP contribution in [-0.2, 0) is 4.79 Å². The minimum atomic E-state index is -0.0581. The van der Waals surface area contributed by atoms with Crippen LogP contribution in [0.15, 0.2) is 34.7 Å². The third-order valence-corrected chi connectivity index (χ3v) is 4.14. The summed E-state index contributed by atoms with van der Waals surface area (Å²) in [5, 5.41) is 4.33. The largest absolute Gasteiger partial charge is 0.459 e. The summed E-state index contributed by atoms with van der Waals surface area (Å²) < 4.78 is 5.85. The Bertz CT molecular complexity index is 581. The van der Waals surface area contributed by atoms with Gasteiger partial charge in [-0.25, -0.2) is 0 Å². The van der Waals surface area contributed by atoms with Gasteiger partial charge in [-0.3, -0.25) is 4.79 Å². The molecule has 3 rings (SSSR count). The second kappa shape index (κ2) is 5.29. The van der Waals surface area contributed by atoms with Gasteiger partial charge in [0.15, 0.2) is 0 Å². The number of nitrogens with one attached hydrogen (secondary N) is 1. The van der Waals surface area contributed by atoms with Crippen LogP contribution < -0.4 is 5.32 Å². The fourth-order valence-corrected chi connectivity index (χ4v) is 2.73. The van der Waals surface area contributed by atoms with Gasteiger partial charge < -0.3 is 14.6 Å². The second-order valence-corrected chi connectivity index (χ2v) is 5.46. The van der Waals surface area contributed by atoms with Gasteiger partial charge in [-0.1, -0.05) is 18.2 Å². The predicted octanol–water partition coefficient (Wildman–Crippen LogP) is 2.70. The lowest BCUT2D eigenvalue weighted by atomic mass is 10.1. The smallest absolute Gasteiger partial charge is 0.240 e. The number of para-hydroxylation sites is 1. The highest BCUT2D eigenvalue weighted by Crippen LogP contribution is 2.27. The van der Waals surface area contributed by atoms with Crippen molar-refractivity contribution in [2.75, 3.05) is 13.6 Å². The lowest BCUT2D eigenvalue weighted by molar-refractivity contribution is -0.134. The van der Waals surface area contributed by atoms with Gasteiger partial charge in [0.2, 0.25) is 5.91 Å². The van der Waals surface area contributed by atoms with Gasteiger partial charge in [0.05, 0.1) is 12.1 Å². The maximum atomic E-state index is 12.4. The number of hydrogen-bond donors (Lipinski definition) is 1. The summed E-state index contributed by atoms with van der Waals surface area (Å²) in [6, 6.07) is 9.85. The maximum absolute atomic E-state index is 12.4. The normalized spacial score (nSPS) is 20.2. The van der Waals surface area contributed by atoms with Gasteiger partial charge in [0.1, 0.15) is 11.3 Å². The molecule has 1 aliphatic rings. The highest BCUT2D eigenvalue weighted by Gasteiger charge is 2.28. The Hall–Kier alpha value is -1.81. The van der Waals surface area contributed by atoms with E-state index in [2.05, 4.69) is 5.32 Å². The summed E-state index contributed by atoms with van der Waals surface area (Å²) in [4.78, 5) is 14.2. The van der Waals surface area contributed by atoms with Gasteiger partial charge >= 0.3 is 0 Å². The Balaban J connectivity index is 1.80. The van der Waals surface area contributed by atoms with Crippen LogP contribution in [0.3, 0.4) is 0 Å². The Morgan fingerprint density at radius 2 is 2.25 bits per heavy atom. The van der Waals surface area contributed by atoms with E-state index in [1.807, 2.05) is 44.3 Å². The van der Waals surface area contributed by atoms with Crippen LogP contribution in [0.4, 0.5) is 0 Å². The summed E-state index contributed by atoms with van der Waals surface area (Å²) in [5.74, 6) is 0.982. The number of carbonyl (C=O) groups excluding carboxylic acids is 1. The molecule has 106 valence electrons. The van der Waals surface area contributed by atoms with E-state index in [9.17, 15) is 4.79 Å². The highest BCUT2D eigenvalue weighted by molar-refractivity contribution is 5.83. The van der Waals surface area contributed by atoms with Gasteiger partial charge in [-0.2, -0.15) is 0 Å². The van der Waals surface area contributed by atoms with Crippen LogP contribution in [-0.4, -0.2) is 30.4 Å². The van der Waals surface area contributed by atoms with Crippen molar-refractivity contribution in [2.24, 2.45) is 0 Å². The molecule has 2 heterocycles. The molecule has 0 aliphatic carbocycles. The zero-order valence-electron chi connectivity index (χ0n) is 11.9. The topological polar surface area (TPSA) is 45.5 Å². The standard InChI is InChI=1S/C16H20N2O2/c1-11(18(2)16(19)13-7-5-9-17-13)15-10-12-6-3-4-8-14(12)20-15/h3-4,6,8,10-11,13,17H,5,7,9H2,1-2H3. The van der Waals surface area contributed by atoms with Crippen molar-refractivity contribution in [3.8, 4) is 0 Å². The molecule has 1 amide bonds. The average Bonchev–Trinajstić information content (AvgIpc) is 3.13. The quantitative estimate of drug-likeness (QED) is 0.934. The number of benzene rings is 1. The average molecular weight is 272 g/mol. The number of hydrogen-bond acceptors (Lipinski definition) is 3. The van der Waals surface area contributed by atoms with E-state index < -0.39 is 0 Å². The Morgan fingerprint density at radius 1 is 1.45 bits per heavy atom. The molecule has 0 saturated carbocycles. The van der Waals surface area contributed by atoms with E-state index in [1.165, 1.54) is 0 Å². The Morgan fingerprint density at radius 3 is 2.95 bits per heavy atom. The van der Waals surface area contributed by atoms with E-state index >= 15 is 0 Å². The van der Waals surface area contributed by atoms with Crippen molar-refractivity contribution >= 4 is 16.9 Å². The molecular weight excluding hydrogens is 252 g/mol. The summed E-state index contributed by atoms with van der Waals surface area (Å²) in [6.07, 6.45) is 2.00. The fraction of sp³-hybridized carbons (Fsp3) is 0.438. The fourth-order valence-electron chi connectivity index (χ4n) is 2.73. The molecule has 1 saturated heterocycles. The molecule has 1 aliphatic heterocycles. The molecule has 1 fully saturated rings. The minimum absolute atomic E-state index is 0.0353. The molecule has 4 heteroatoms. The van der Waals surface area contributed by atoms with Crippen molar-refractivity contribution in [1.29, 1.82) is 0 Å². The van der Waals surface area contributed by atoms with Gasteiger partial charge in [-0.05, 0) is 38.4 Å². The Kier molecular flexibility index (Phi) is 3.49. The summed E-state index contributed by atoms with van der Waals surface area (Å²) >= 11 is 0. The number of carbonyl (C=O) groups is 1. The van der Waals surface area contributed by atoms with E-state index in [1.54, 1.807) is 4.90 Å². The van der Waals surface area contributed by atoms with Gasteiger partial charge in [-0.15, -0.1) is 0 Å². The van der Waals surface area contributed by atoms with Crippen LogP contribution in [0.25, 0.3) is 11.0 Å². The van der Waals surface area contributed by atoms with Crippen LogP contribution in [0.2, 0.25) is 0 Å². The second-order valence-electron chi connectivity index (χ2n) is 5.46. The van der Waals surface area contributed by atoms with Crippen LogP contribution in [0, 0.1) is 0 Å². The van der Waals surface area contributed by atoms with Crippen molar-refractivity contribution < 1.29 is 9.21 Å². The maximum Gasteiger partial charge on any atom is 0.240 e. The summed E-state index contributed by atoms with van der Waals surface area (Å²) in [6.45, 7) is 2.94. The monoisotopic (exact) mass is 272 g/mol. The molecule has 2 atom stereocenters. The number of rotatable bonds is 3. The SMILES string of the molecule is CC(c1cc2ccccc2o1)N(C)C(=O)C1CCCN1. The van der Waals surface area contributed by atoms with Crippen molar-refractivity contribution in [1.82, 2.24) is 10.2 Å². The molecular formula is C16H20N2O2. The molecule has 1 aromatic carbocycles. The Labute approximate surface area is 118 Å². The molecule has 1 aromatic heterocycles. The van der Waals surface area contributed by atoms with E-state index in [-0.39, 0.29) is 18.0 Å². The molecule has 20 heavy (non-hydrogen) atoms. The predicted molar refractivity (Wildman–Crippen MR) is 78.4 cm³/mol. The molecule has 1 N–H and O–H groups in total. The lowest BCUT2D eigenvalue weighted by Crippen LogP contribution is -2.42. The van der Waals surface area contributed by atoms with Crippen molar-refractivity contribution in [2.45, 2.75) is 31.8 Å². The minimum Gasteiger partial charge on any atom is -0.459 e. The van der Waals surface area contributed by atoms with E-state index in [0.29, 0.717) is 0 Å². The first-order valence-electron chi connectivity index (χ1n) is 7.15. The van der Waals surface area contributed by atoms with Gasteiger partial charge in [0, 0.05) is 12.4 Å². The molecule has 2 aromatic rings. The third kappa shape index (κ3) is 2.31. The van der Waals surface area contributed by atoms with Gasteiger partial charge in [0.25, 0.3) is 0 Å². The van der Waals surface area contributed by atoms with Crippen molar-refractivity contribution in [3.63, 3.8) is 0 Å². The van der Waals surface area contributed by atoms with E-state index in [4.69, 9.17) is 4.42 Å². The van der Waals surface area contributed by atoms with Crippen LogP contribution in [0.5, 0.6) is 0 Å². The first-order valence-corrected chi connectivity index (χ1v) is 7.15. The number of furan rings is 1. The molecule has 0 radical (unpaired) electrons. The zero-order valence-corrected chi connectivity index (χ0v) is 11.9. The van der Waals surface area contributed by atoms with Crippen molar-refractivity contribution in [3.05, 3.63) is 36.1 Å². The zero-order chi connectivity index (χ0) is 14.1. The first-order chi connectivity index (χ1) is 9.66. The number of amides is 1. The molecule has 2 unspecified atom stereocenters. The molecule has 4 nitrogen and oxygen atoms in total.